The van der Waals surface area contributed by atoms with Gasteiger partial charge < -0.3 is 10.2 Å². The average molecular weight is 856 g/mol. The number of phenolic OH excluding ortho intramolecular Hbond substituents is 2. The van der Waals surface area contributed by atoms with Gasteiger partial charge in [0.15, 0.2) is 0 Å². The summed E-state index contributed by atoms with van der Waals surface area (Å²) >= 11 is 1.36. The number of hydrogen-bond donors (Lipinski definition) is 2. The van der Waals surface area contributed by atoms with Crippen LogP contribution in [0.15, 0.2) is 194 Å². The summed E-state index contributed by atoms with van der Waals surface area (Å²) < 4.78 is 71.0. The maximum absolute atomic E-state index is 11.8. The molecule has 0 aliphatic heterocycles. The van der Waals surface area contributed by atoms with Gasteiger partial charge in [-0.25, -0.2) is 0 Å². The van der Waals surface area contributed by atoms with E-state index in [1.807, 2.05) is 60.7 Å². The number of aromatic hydroxyl groups is 2. The van der Waals surface area contributed by atoms with E-state index in [1.54, 1.807) is 0 Å². The first kappa shape index (κ1) is 46.7. The topological polar surface area (TPSA) is 40.5 Å². The minimum atomic E-state index is -4.33. The molecule has 0 aliphatic carbocycles. The number of halogens is 6. The molecule has 0 saturated carbocycles. The van der Waals surface area contributed by atoms with Crippen LogP contribution in [-0.2, 0) is 35.7 Å². The largest absolute Gasteiger partial charge is 0.168 e. The van der Waals surface area contributed by atoms with Crippen molar-refractivity contribution in [2.75, 3.05) is 0 Å². The Morgan fingerprint density at radius 1 is 0.411 bits per heavy atom. The Balaban J connectivity index is 0.000000232. The van der Waals surface area contributed by atoms with Crippen molar-refractivity contribution in [3.05, 3.63) is 230 Å². The molecule has 0 saturated heterocycles. The van der Waals surface area contributed by atoms with Crippen LogP contribution in [0.25, 0.3) is 21.5 Å². The van der Waals surface area contributed by atoms with Gasteiger partial charge in [0.2, 0.25) is 0 Å². The van der Waals surface area contributed by atoms with E-state index in [0.717, 1.165) is 59.7 Å². The fourth-order valence-corrected chi connectivity index (χ4v) is 4.40. The van der Waals surface area contributed by atoms with Gasteiger partial charge in [0, 0.05) is 0 Å². The average Bonchev–Trinajstić information content (AvgIpc) is 3.88. The molecule has 8 aromatic rings. The smallest absolute Gasteiger partial charge is 0.0809 e. The van der Waals surface area contributed by atoms with E-state index in [-0.39, 0.29) is 11.5 Å². The van der Waals surface area contributed by atoms with E-state index in [4.69, 9.17) is 10.2 Å². The zero-order valence-electron chi connectivity index (χ0n) is 30.1. The van der Waals surface area contributed by atoms with E-state index < -0.39 is 23.5 Å². The van der Waals surface area contributed by atoms with Crippen molar-refractivity contribution >= 4 is 28.4 Å². The molecular formula is C46H38F6O2SiZr-4. The summed E-state index contributed by atoms with van der Waals surface area (Å²) in [5.74, 6) is -0.337. The molecule has 8 rings (SSSR count). The van der Waals surface area contributed by atoms with E-state index in [9.17, 15) is 26.3 Å². The summed E-state index contributed by atoms with van der Waals surface area (Å²) in [7, 11) is 0. The first-order valence-electron chi connectivity index (χ1n) is 16.6. The van der Waals surface area contributed by atoms with Crippen molar-refractivity contribution in [1.29, 1.82) is 0 Å². The van der Waals surface area contributed by atoms with Crippen LogP contribution in [0.1, 0.15) is 22.3 Å². The van der Waals surface area contributed by atoms with Crippen molar-refractivity contribution in [3.63, 3.8) is 0 Å². The zero-order chi connectivity index (χ0) is 41.4. The second-order valence-electron chi connectivity index (χ2n) is 11.4. The standard InChI is InChI=1S/2C9H7.2C7H5F3O.2C7H7.Si.Zr/c2*1-2-5-9-7-3-6-8(9)4-1;2*8-7(9,10)5-1-3-6(11)4-2-5;2*1-7-5-3-2-4-6-7;;/h2*1-7H;2*1-4,11H;2*2-6H,1H2;;/q2*-1;;;2*-1;;. The van der Waals surface area contributed by atoms with E-state index in [1.165, 1.54) is 44.9 Å². The number of hydrogen-bond acceptors (Lipinski definition) is 2. The van der Waals surface area contributed by atoms with Gasteiger partial charge in [-0.15, -0.1) is 83.6 Å². The predicted molar refractivity (Wildman–Crippen MR) is 213 cm³/mol. The molecule has 0 aliphatic rings. The van der Waals surface area contributed by atoms with Gasteiger partial charge in [-0.3, -0.25) is 0 Å². The normalized spacial score (nSPS) is 10.0. The Morgan fingerprint density at radius 2 is 0.696 bits per heavy atom. The monoisotopic (exact) mass is 854 g/mol. The van der Waals surface area contributed by atoms with Crippen molar-refractivity contribution < 1.29 is 59.9 Å². The molecule has 0 heterocycles. The molecule has 0 atom stereocenters. The molecule has 10 heteroatoms. The summed E-state index contributed by atoms with van der Waals surface area (Å²) in [6, 6.07) is 56.4. The van der Waals surface area contributed by atoms with Gasteiger partial charge in [-0.2, -0.15) is 111 Å². The number of phenols is 2. The van der Waals surface area contributed by atoms with E-state index >= 15 is 0 Å². The molecule has 2 nitrogen and oxygen atoms in total. The number of benzene rings is 6. The molecule has 0 amide bonds. The van der Waals surface area contributed by atoms with Gasteiger partial charge in [0.25, 0.3) is 0 Å². The molecule has 8 aromatic carbocycles. The van der Waals surface area contributed by atoms with Gasteiger partial charge in [-0.1, -0.05) is 24.3 Å². The summed E-state index contributed by atoms with van der Waals surface area (Å²) in [4.78, 5) is 0. The quantitative estimate of drug-likeness (QED) is 0.0906. The van der Waals surface area contributed by atoms with Crippen LogP contribution in [0.5, 0.6) is 11.5 Å². The molecule has 2 N–H and O–H groups in total. The molecule has 0 bridgehead atoms. The SMILES string of the molecule is Oc1ccc(C(F)(F)F)cc1.Oc1ccc(C(F)(F)F)cc1.[CH2-]c1ccccc1.[CH2-]c1ccccc1.[Si]=[Zr].c1ccc2[cH-]ccc2c1.c1ccc2[cH-]ccc2c1. The van der Waals surface area contributed by atoms with Crippen LogP contribution in [0.2, 0.25) is 0 Å². The molecule has 2 radical (unpaired) electrons. The Morgan fingerprint density at radius 3 is 0.946 bits per heavy atom. The molecule has 288 valence electrons. The van der Waals surface area contributed by atoms with E-state index in [0.29, 0.717) is 0 Å². The fraction of sp³-hybridized carbons (Fsp3) is 0.0435. The third kappa shape index (κ3) is 18.7. The molecule has 0 unspecified atom stereocenters. The second kappa shape index (κ2) is 24.9. The maximum Gasteiger partial charge on any atom is -0.0809 e. The maximum atomic E-state index is 11.8. The summed E-state index contributed by atoms with van der Waals surface area (Å²) in [6.45, 7) is 10.5. The summed E-state index contributed by atoms with van der Waals surface area (Å²) in [5.41, 5.74) is 0.635. The van der Waals surface area contributed by atoms with Crippen molar-refractivity contribution in [2.45, 2.75) is 12.4 Å². The molecule has 56 heavy (non-hydrogen) atoms. The Hall–Kier alpha value is -5.44. The molecular weight excluding hydrogens is 818 g/mol. The molecule has 0 aromatic heterocycles. The van der Waals surface area contributed by atoms with Gasteiger partial charge >= 0.3 is 42.6 Å². The Bertz CT molecular complexity index is 1980. The van der Waals surface area contributed by atoms with E-state index in [2.05, 4.69) is 106 Å². The number of fused-ring (bicyclic) bond motifs is 2. The van der Waals surface area contributed by atoms with Crippen molar-refractivity contribution in [3.8, 4) is 11.5 Å². The van der Waals surface area contributed by atoms with Crippen LogP contribution in [0.4, 0.5) is 26.3 Å². The van der Waals surface area contributed by atoms with Crippen molar-refractivity contribution in [1.82, 2.24) is 0 Å². The van der Waals surface area contributed by atoms with Crippen LogP contribution in [0, 0.1) is 13.8 Å². The predicted octanol–water partition coefficient (Wildman–Crippen LogP) is 13.3. The first-order valence-corrected chi connectivity index (χ1v) is 20.8. The minimum Gasteiger partial charge on any atom is -0.168 e. The van der Waals surface area contributed by atoms with Crippen LogP contribution in [0.3, 0.4) is 0 Å². The zero-order valence-corrected chi connectivity index (χ0v) is 33.5. The van der Waals surface area contributed by atoms with Gasteiger partial charge in [0.05, 0.1) is 11.1 Å². The van der Waals surface area contributed by atoms with Crippen molar-refractivity contribution in [2.24, 2.45) is 0 Å². The number of alkyl halides is 6. The van der Waals surface area contributed by atoms with Gasteiger partial charge in [0.1, 0.15) is 11.5 Å². The first-order chi connectivity index (χ1) is 26.7. The molecule has 0 fully saturated rings. The summed E-state index contributed by atoms with van der Waals surface area (Å²) in [6.07, 6.45) is -8.65. The third-order valence-electron chi connectivity index (χ3n) is 7.17. The summed E-state index contributed by atoms with van der Waals surface area (Å²) in [5, 5.41) is 22.6. The van der Waals surface area contributed by atoms with Crippen LogP contribution in [-0.4, -0.2) is 17.1 Å². The minimum absolute atomic E-state index is 0.169. The third-order valence-corrected chi connectivity index (χ3v) is 7.17. The molecule has 0 spiro atoms. The van der Waals surface area contributed by atoms with Gasteiger partial charge in [-0.05, 0) is 48.5 Å². The number of rotatable bonds is 0. The Labute approximate surface area is 340 Å². The van der Waals surface area contributed by atoms with Crippen LogP contribution >= 0.6 is 0 Å². The Kier molecular flexibility index (Phi) is 20.7. The fourth-order valence-electron chi connectivity index (χ4n) is 4.40. The second-order valence-corrected chi connectivity index (χ2v) is 11.4. The van der Waals surface area contributed by atoms with Crippen LogP contribution < -0.4 is 0 Å².